The van der Waals surface area contributed by atoms with Gasteiger partial charge in [0.1, 0.15) is 0 Å². The molecule has 0 saturated carbocycles. The van der Waals surface area contributed by atoms with Crippen LogP contribution in [0.2, 0.25) is 0 Å². The zero-order chi connectivity index (χ0) is 16.0. The number of carbonyl (C=O) groups excluding carboxylic acids is 3. The molecule has 0 rings (SSSR count). The third kappa shape index (κ3) is 13.0. The van der Waals surface area contributed by atoms with E-state index in [0.29, 0.717) is 12.2 Å². The second-order valence-corrected chi connectivity index (χ2v) is 5.62. The summed E-state index contributed by atoms with van der Waals surface area (Å²) >= 11 is 0. The largest absolute Gasteiger partial charge is 0.462 e. The van der Waals surface area contributed by atoms with Gasteiger partial charge in [0, 0.05) is 5.57 Å². The lowest BCUT2D eigenvalue weighted by Crippen LogP contribution is -2.17. The van der Waals surface area contributed by atoms with Gasteiger partial charge in [0.25, 0.3) is 0 Å². The van der Waals surface area contributed by atoms with E-state index in [1.165, 1.54) is 12.8 Å². The molecule has 0 amide bonds. The predicted molar refractivity (Wildman–Crippen MR) is 77.9 cm³/mol. The zero-order valence-electron chi connectivity index (χ0n) is 13.3. The molecule has 20 heavy (non-hydrogen) atoms. The normalized spacial score (nSPS) is 10.0. The Bertz CT molecular complexity index is 312. The van der Waals surface area contributed by atoms with Gasteiger partial charge in [-0.15, -0.1) is 0 Å². The molecular weight excluding hydrogens is 256 g/mol. The topological polar surface area (TPSA) is 60.4 Å². The van der Waals surface area contributed by atoms with Crippen LogP contribution in [-0.2, 0) is 19.1 Å². The van der Waals surface area contributed by atoms with Gasteiger partial charge < -0.3 is 4.74 Å². The standard InChI is InChI=1S/C15H28O2.CO2/c1-6-8-10-15(4,5)12-13(3)14(16)17-11-9-7-2;2-1-3/h3,6-12H2,1-2,4-5H3;. The van der Waals surface area contributed by atoms with Crippen LogP contribution < -0.4 is 0 Å². The van der Waals surface area contributed by atoms with Gasteiger partial charge in [-0.1, -0.05) is 53.5 Å². The highest BCUT2D eigenvalue weighted by molar-refractivity contribution is 5.87. The van der Waals surface area contributed by atoms with E-state index < -0.39 is 0 Å². The number of esters is 1. The number of unbranched alkanes of at least 4 members (excludes halogenated alkanes) is 2. The van der Waals surface area contributed by atoms with Crippen molar-refractivity contribution in [2.24, 2.45) is 5.41 Å². The Hall–Kier alpha value is -1.41. The Kier molecular flexibility index (Phi) is 13.2. The first-order valence-corrected chi connectivity index (χ1v) is 7.18. The summed E-state index contributed by atoms with van der Waals surface area (Å²) in [6.07, 6.45) is 6.48. The van der Waals surface area contributed by atoms with Crippen LogP contribution in [-0.4, -0.2) is 18.7 Å². The summed E-state index contributed by atoms with van der Waals surface area (Å²) in [6.45, 7) is 13.0. The molecule has 0 aromatic heterocycles. The maximum atomic E-state index is 11.6. The average molecular weight is 284 g/mol. The molecule has 4 nitrogen and oxygen atoms in total. The highest BCUT2D eigenvalue weighted by Gasteiger charge is 2.22. The fraction of sp³-hybridized carbons (Fsp3) is 0.750. The van der Waals surface area contributed by atoms with Crippen molar-refractivity contribution in [1.29, 1.82) is 0 Å². The van der Waals surface area contributed by atoms with Crippen LogP contribution in [0.25, 0.3) is 0 Å². The minimum absolute atomic E-state index is 0.150. The summed E-state index contributed by atoms with van der Waals surface area (Å²) in [6, 6.07) is 0. The number of hydrogen-bond acceptors (Lipinski definition) is 4. The quantitative estimate of drug-likeness (QED) is 0.366. The van der Waals surface area contributed by atoms with Crippen molar-refractivity contribution in [1.82, 2.24) is 0 Å². The van der Waals surface area contributed by atoms with Gasteiger partial charge in [0.2, 0.25) is 0 Å². The van der Waals surface area contributed by atoms with Crippen molar-refractivity contribution in [3.8, 4) is 0 Å². The van der Waals surface area contributed by atoms with Gasteiger partial charge >= 0.3 is 12.1 Å². The van der Waals surface area contributed by atoms with E-state index in [1.807, 2.05) is 0 Å². The zero-order valence-corrected chi connectivity index (χ0v) is 13.3. The molecule has 0 aliphatic heterocycles. The number of ether oxygens (including phenoxy) is 1. The van der Waals surface area contributed by atoms with E-state index >= 15 is 0 Å². The smallest absolute Gasteiger partial charge is 0.373 e. The van der Waals surface area contributed by atoms with Crippen LogP contribution in [0, 0.1) is 5.41 Å². The maximum absolute atomic E-state index is 11.6. The Labute approximate surface area is 122 Å². The van der Waals surface area contributed by atoms with Gasteiger partial charge in [-0.3, -0.25) is 0 Å². The fourth-order valence-electron chi connectivity index (χ4n) is 1.80. The van der Waals surface area contributed by atoms with Crippen LogP contribution in [0.3, 0.4) is 0 Å². The first-order valence-electron chi connectivity index (χ1n) is 7.18. The van der Waals surface area contributed by atoms with Crippen molar-refractivity contribution in [3.05, 3.63) is 12.2 Å². The lowest BCUT2D eigenvalue weighted by molar-refractivity contribution is -0.191. The Balaban J connectivity index is 0. The molecule has 0 radical (unpaired) electrons. The Morgan fingerprint density at radius 3 is 2.10 bits per heavy atom. The second-order valence-electron chi connectivity index (χ2n) is 5.62. The third-order valence-corrected chi connectivity index (χ3v) is 2.92. The van der Waals surface area contributed by atoms with Crippen molar-refractivity contribution < 1.29 is 19.1 Å². The second kappa shape index (κ2) is 12.6. The Morgan fingerprint density at radius 2 is 1.65 bits per heavy atom. The van der Waals surface area contributed by atoms with E-state index in [9.17, 15) is 4.79 Å². The molecule has 0 N–H and O–H groups in total. The van der Waals surface area contributed by atoms with Gasteiger partial charge in [-0.25, -0.2) is 4.79 Å². The fourth-order valence-corrected chi connectivity index (χ4v) is 1.80. The molecule has 0 bridgehead atoms. The summed E-state index contributed by atoms with van der Waals surface area (Å²) in [5, 5.41) is 0. The summed E-state index contributed by atoms with van der Waals surface area (Å²) in [4.78, 5) is 27.9. The monoisotopic (exact) mass is 284 g/mol. The molecule has 116 valence electrons. The van der Waals surface area contributed by atoms with Crippen LogP contribution in [0.4, 0.5) is 0 Å². The maximum Gasteiger partial charge on any atom is 0.373 e. The predicted octanol–water partition coefficient (Wildman–Crippen LogP) is 3.91. The molecular formula is C16H28O4. The molecule has 0 atom stereocenters. The summed E-state index contributed by atoms with van der Waals surface area (Å²) in [5.74, 6) is -0.219. The Morgan fingerprint density at radius 1 is 1.15 bits per heavy atom. The van der Waals surface area contributed by atoms with E-state index in [-0.39, 0.29) is 17.5 Å². The van der Waals surface area contributed by atoms with Crippen LogP contribution in [0.15, 0.2) is 12.2 Å². The first kappa shape index (κ1) is 20.9. The van der Waals surface area contributed by atoms with Crippen LogP contribution >= 0.6 is 0 Å². The van der Waals surface area contributed by atoms with Crippen molar-refractivity contribution in [2.45, 2.75) is 66.2 Å². The van der Waals surface area contributed by atoms with Gasteiger partial charge in [0.05, 0.1) is 6.61 Å². The third-order valence-electron chi connectivity index (χ3n) is 2.92. The lowest BCUT2D eigenvalue weighted by Gasteiger charge is -2.24. The molecule has 0 unspecified atom stereocenters. The van der Waals surface area contributed by atoms with Gasteiger partial charge in [-0.2, -0.15) is 9.59 Å². The molecule has 0 fully saturated rings. The molecule has 0 aromatic rings. The summed E-state index contributed by atoms with van der Waals surface area (Å²) in [5.41, 5.74) is 0.763. The van der Waals surface area contributed by atoms with E-state index in [4.69, 9.17) is 14.3 Å². The molecule has 0 aromatic carbocycles. The van der Waals surface area contributed by atoms with E-state index in [0.717, 1.165) is 25.7 Å². The molecule has 4 heteroatoms. The minimum Gasteiger partial charge on any atom is -0.462 e. The lowest BCUT2D eigenvalue weighted by atomic mass is 9.81. The minimum atomic E-state index is -0.219. The SMILES string of the molecule is C=C(CC(C)(C)CCCC)C(=O)OCCCC.O=C=O. The van der Waals surface area contributed by atoms with Crippen LogP contribution in [0.1, 0.15) is 66.2 Å². The highest BCUT2D eigenvalue weighted by atomic mass is 16.5. The van der Waals surface area contributed by atoms with Gasteiger partial charge in [-0.05, 0) is 24.7 Å². The summed E-state index contributed by atoms with van der Waals surface area (Å²) < 4.78 is 5.16. The van der Waals surface area contributed by atoms with Crippen molar-refractivity contribution in [2.75, 3.05) is 6.61 Å². The van der Waals surface area contributed by atoms with Crippen molar-refractivity contribution >= 4 is 12.1 Å². The first-order chi connectivity index (χ1) is 9.34. The molecule has 0 aliphatic carbocycles. The summed E-state index contributed by atoms with van der Waals surface area (Å²) in [7, 11) is 0. The van der Waals surface area contributed by atoms with Gasteiger partial charge in [0.15, 0.2) is 0 Å². The molecule has 0 heterocycles. The number of carbonyl (C=O) groups is 1. The van der Waals surface area contributed by atoms with E-state index in [1.54, 1.807) is 0 Å². The van der Waals surface area contributed by atoms with E-state index in [2.05, 4.69) is 34.3 Å². The molecule has 0 spiro atoms. The molecule has 0 aliphatic rings. The van der Waals surface area contributed by atoms with Crippen molar-refractivity contribution in [3.63, 3.8) is 0 Å². The highest BCUT2D eigenvalue weighted by Crippen LogP contribution is 2.30. The number of hydrogen-bond donors (Lipinski definition) is 0. The van der Waals surface area contributed by atoms with Crippen LogP contribution in [0.5, 0.6) is 0 Å². The number of rotatable bonds is 9. The average Bonchev–Trinajstić information content (AvgIpc) is 2.37. The molecule has 0 saturated heterocycles.